The molecule has 0 N–H and O–H groups in total. The van der Waals surface area contributed by atoms with E-state index in [4.69, 9.17) is 23.9 Å². The van der Waals surface area contributed by atoms with E-state index in [0.717, 1.165) is 45.3 Å². The van der Waals surface area contributed by atoms with Gasteiger partial charge in [0.1, 0.15) is 12.1 Å². The number of hydrogen-bond acceptors (Lipinski definition) is 6. The van der Waals surface area contributed by atoms with E-state index in [9.17, 15) is 0 Å². The van der Waals surface area contributed by atoms with Gasteiger partial charge in [-0.3, -0.25) is 0 Å². The van der Waals surface area contributed by atoms with Crippen LogP contribution in [0.3, 0.4) is 0 Å². The maximum absolute atomic E-state index is 5.74. The lowest BCUT2D eigenvalue weighted by Crippen LogP contribution is -2.37. The highest BCUT2D eigenvalue weighted by molar-refractivity contribution is 5.94. The molecule has 0 aromatic rings. The number of unbranched alkanes of at least 4 members (excludes halogenated alkanes) is 1. The average Bonchev–Trinajstić information content (AvgIpc) is 2.67. The van der Waals surface area contributed by atoms with Gasteiger partial charge in [0.2, 0.25) is 11.8 Å². The van der Waals surface area contributed by atoms with Gasteiger partial charge in [-0.25, -0.2) is 9.98 Å². The van der Waals surface area contributed by atoms with Gasteiger partial charge in [-0.1, -0.05) is 26.0 Å². The van der Waals surface area contributed by atoms with Crippen LogP contribution in [0.15, 0.2) is 22.1 Å². The van der Waals surface area contributed by atoms with Gasteiger partial charge in [0.05, 0.1) is 20.8 Å². The van der Waals surface area contributed by atoms with Gasteiger partial charge < -0.3 is 18.9 Å². The first kappa shape index (κ1) is 20.9. The summed E-state index contributed by atoms with van der Waals surface area (Å²) >= 11 is 0. The third-order valence-corrected chi connectivity index (χ3v) is 4.62. The van der Waals surface area contributed by atoms with Crippen molar-refractivity contribution in [1.29, 1.82) is 0 Å². The Hall–Kier alpha value is -1.40. The summed E-state index contributed by atoms with van der Waals surface area (Å²) in [4.78, 5) is 9.38. The molecule has 2 aliphatic rings. The minimum Gasteiger partial charge on any atom is -0.483 e. The second-order valence-corrected chi connectivity index (χ2v) is 7.06. The summed E-state index contributed by atoms with van der Waals surface area (Å²) in [5, 5.41) is 0. The number of rotatable bonds is 8. The summed E-state index contributed by atoms with van der Waals surface area (Å²) in [7, 11) is 3.31. The molecule has 1 saturated heterocycles. The van der Waals surface area contributed by atoms with Gasteiger partial charge in [-0.05, 0) is 44.4 Å². The molecule has 148 valence electrons. The van der Waals surface area contributed by atoms with Crippen molar-refractivity contribution in [2.24, 2.45) is 15.9 Å². The van der Waals surface area contributed by atoms with E-state index in [1.54, 1.807) is 14.2 Å². The SMILES string of the molecule is COC1=N[C@@H](C(C)C)C(OC)=NC1CC=CCCCO[C@H]1CCCCO1. The fourth-order valence-corrected chi connectivity index (χ4v) is 3.12. The number of nitrogens with zero attached hydrogens (tertiary/aromatic N) is 2. The van der Waals surface area contributed by atoms with Gasteiger partial charge in [-0.15, -0.1) is 0 Å². The Kier molecular flexibility index (Phi) is 9.12. The Balaban J connectivity index is 1.72. The number of methoxy groups -OCH3 is 2. The van der Waals surface area contributed by atoms with E-state index in [1.807, 2.05) is 0 Å². The Morgan fingerprint density at radius 3 is 2.58 bits per heavy atom. The van der Waals surface area contributed by atoms with Gasteiger partial charge in [-0.2, -0.15) is 0 Å². The van der Waals surface area contributed by atoms with Crippen LogP contribution in [0.4, 0.5) is 0 Å². The summed E-state index contributed by atoms with van der Waals surface area (Å²) in [5.41, 5.74) is 0. The van der Waals surface area contributed by atoms with Crippen LogP contribution in [0.2, 0.25) is 0 Å². The average molecular weight is 367 g/mol. The standard InChI is InChI=1S/C20H34N2O4/c1-15(2)18-20(24-4)21-16(19(22-18)23-3)11-7-5-6-9-13-25-17-12-8-10-14-26-17/h5,7,15-18H,6,8-14H2,1-4H3/t16?,17-,18+/m1/s1. The first-order chi connectivity index (χ1) is 12.7. The molecular formula is C20H34N2O4. The van der Waals surface area contributed by atoms with E-state index in [0.29, 0.717) is 17.7 Å². The molecule has 6 nitrogen and oxygen atoms in total. The number of hydrogen-bond donors (Lipinski definition) is 0. The zero-order valence-corrected chi connectivity index (χ0v) is 16.6. The molecule has 2 rings (SSSR count). The molecule has 26 heavy (non-hydrogen) atoms. The molecule has 1 unspecified atom stereocenters. The second-order valence-electron chi connectivity index (χ2n) is 7.06. The molecule has 0 aromatic carbocycles. The minimum atomic E-state index is -0.104. The minimum absolute atomic E-state index is 0.00569. The van der Waals surface area contributed by atoms with Crippen LogP contribution in [0.25, 0.3) is 0 Å². The van der Waals surface area contributed by atoms with Crippen molar-refractivity contribution in [3.8, 4) is 0 Å². The molecule has 3 atom stereocenters. The molecule has 0 bridgehead atoms. The van der Waals surface area contributed by atoms with Gasteiger partial charge in [0.25, 0.3) is 0 Å². The van der Waals surface area contributed by atoms with Crippen LogP contribution in [0.5, 0.6) is 0 Å². The maximum Gasteiger partial charge on any atom is 0.209 e. The predicted molar refractivity (Wildman–Crippen MR) is 104 cm³/mol. The molecule has 0 spiro atoms. The monoisotopic (exact) mass is 366 g/mol. The van der Waals surface area contributed by atoms with E-state index in [-0.39, 0.29) is 18.4 Å². The molecule has 2 heterocycles. The Bertz CT molecular complexity index is 496. The van der Waals surface area contributed by atoms with Crippen LogP contribution < -0.4 is 0 Å². The first-order valence-electron chi connectivity index (χ1n) is 9.77. The maximum atomic E-state index is 5.74. The fourth-order valence-electron chi connectivity index (χ4n) is 3.12. The zero-order valence-electron chi connectivity index (χ0n) is 16.6. The van der Waals surface area contributed by atoms with Crippen molar-refractivity contribution < 1.29 is 18.9 Å². The third kappa shape index (κ3) is 6.40. The Morgan fingerprint density at radius 2 is 1.92 bits per heavy atom. The molecular weight excluding hydrogens is 332 g/mol. The predicted octanol–water partition coefficient (Wildman–Crippen LogP) is 3.75. The lowest BCUT2D eigenvalue weighted by Gasteiger charge is -2.26. The molecule has 0 aliphatic carbocycles. The highest BCUT2D eigenvalue weighted by Gasteiger charge is 2.30. The van der Waals surface area contributed by atoms with E-state index < -0.39 is 0 Å². The first-order valence-corrected chi connectivity index (χ1v) is 9.77. The summed E-state index contributed by atoms with van der Waals surface area (Å²) in [6.07, 6.45) is 10.4. The smallest absolute Gasteiger partial charge is 0.209 e. The summed E-state index contributed by atoms with van der Waals surface area (Å²) in [5.74, 6) is 1.70. The fraction of sp³-hybridized carbons (Fsp3) is 0.800. The van der Waals surface area contributed by atoms with Crippen molar-refractivity contribution in [1.82, 2.24) is 0 Å². The Labute approximate surface area is 157 Å². The van der Waals surface area contributed by atoms with Crippen LogP contribution in [0, 0.1) is 5.92 Å². The summed E-state index contributed by atoms with van der Waals surface area (Å²) in [6, 6.07) is -0.164. The highest BCUT2D eigenvalue weighted by Crippen LogP contribution is 2.19. The van der Waals surface area contributed by atoms with Crippen molar-refractivity contribution in [2.75, 3.05) is 27.4 Å². The second kappa shape index (κ2) is 11.3. The van der Waals surface area contributed by atoms with Crippen LogP contribution in [-0.4, -0.2) is 57.6 Å². The van der Waals surface area contributed by atoms with E-state index in [2.05, 4.69) is 31.0 Å². The zero-order chi connectivity index (χ0) is 18.8. The van der Waals surface area contributed by atoms with E-state index >= 15 is 0 Å². The van der Waals surface area contributed by atoms with Crippen LogP contribution >= 0.6 is 0 Å². The highest BCUT2D eigenvalue weighted by atomic mass is 16.7. The third-order valence-electron chi connectivity index (χ3n) is 4.62. The summed E-state index contributed by atoms with van der Waals surface area (Å²) in [6.45, 7) is 5.79. The van der Waals surface area contributed by atoms with Crippen molar-refractivity contribution in [2.45, 2.75) is 70.7 Å². The topological polar surface area (TPSA) is 61.6 Å². The lowest BCUT2D eigenvalue weighted by atomic mass is 10.0. The molecule has 2 aliphatic heterocycles. The van der Waals surface area contributed by atoms with Crippen LogP contribution in [-0.2, 0) is 18.9 Å². The van der Waals surface area contributed by atoms with Crippen molar-refractivity contribution >= 4 is 11.8 Å². The molecule has 0 radical (unpaired) electrons. The quantitative estimate of drug-likeness (QED) is 0.485. The summed E-state index contributed by atoms with van der Waals surface area (Å²) < 4.78 is 22.2. The molecule has 6 heteroatoms. The van der Waals surface area contributed by atoms with Gasteiger partial charge >= 0.3 is 0 Å². The van der Waals surface area contributed by atoms with Crippen molar-refractivity contribution in [3.63, 3.8) is 0 Å². The number of ether oxygens (including phenoxy) is 4. The molecule has 0 aromatic heterocycles. The largest absolute Gasteiger partial charge is 0.483 e. The van der Waals surface area contributed by atoms with Gasteiger partial charge in [0.15, 0.2) is 6.29 Å². The van der Waals surface area contributed by atoms with Crippen molar-refractivity contribution in [3.05, 3.63) is 12.2 Å². The molecule has 1 fully saturated rings. The normalized spacial score (nSPS) is 26.7. The van der Waals surface area contributed by atoms with Crippen LogP contribution in [0.1, 0.15) is 52.4 Å². The number of allylic oxidation sites excluding steroid dienone is 1. The Morgan fingerprint density at radius 1 is 1.12 bits per heavy atom. The number of aliphatic imine (C=N–C) groups is 2. The molecule has 0 saturated carbocycles. The lowest BCUT2D eigenvalue weighted by molar-refractivity contribution is -0.162. The molecule has 0 amide bonds. The van der Waals surface area contributed by atoms with E-state index in [1.165, 1.54) is 6.42 Å². The van der Waals surface area contributed by atoms with Gasteiger partial charge in [0, 0.05) is 6.61 Å².